The van der Waals surface area contributed by atoms with Crippen molar-refractivity contribution in [2.75, 3.05) is 0 Å². The number of hydrogen-bond acceptors (Lipinski definition) is 10. The van der Waals surface area contributed by atoms with E-state index in [4.69, 9.17) is 34.3 Å². The van der Waals surface area contributed by atoms with Gasteiger partial charge < -0.3 is 22.7 Å². The van der Waals surface area contributed by atoms with E-state index in [1.807, 2.05) is 18.2 Å². The molecule has 670 valence electrons. The fourth-order valence-electron chi connectivity index (χ4n) is 22.4. The summed E-state index contributed by atoms with van der Waals surface area (Å²) in [7, 11) is 0. The van der Waals surface area contributed by atoms with Crippen LogP contribution in [-0.4, -0.2) is 48.2 Å². The van der Waals surface area contributed by atoms with E-state index in [2.05, 4.69) is 463 Å². The van der Waals surface area contributed by atoms with Crippen LogP contribution in [0.15, 0.2) is 453 Å². The molecule has 0 spiro atoms. The van der Waals surface area contributed by atoms with E-state index in [0.29, 0.717) is 5.82 Å². The number of nitrogens with zero attached hydrogens (tertiary/aromatic N) is 10. The Bertz CT molecular complexity index is 10500. The minimum atomic E-state index is -0.0541. The Balaban J connectivity index is 0.000000102. The molecule has 0 radical (unpaired) electrons. The predicted octanol–water partition coefficient (Wildman–Crippen LogP) is 35.1. The van der Waals surface area contributed by atoms with E-state index in [0.717, 1.165) is 170 Å². The van der Waals surface area contributed by atoms with Gasteiger partial charge in [0.2, 0.25) is 0 Å². The van der Waals surface area contributed by atoms with Crippen molar-refractivity contribution in [1.29, 1.82) is 0 Å². The largest absolute Gasteiger partial charge is 0.456 e. The summed E-state index contributed by atoms with van der Waals surface area (Å²) in [5.74, 6) is 2.17. The minimum Gasteiger partial charge on any atom is -0.456 e. The molecule has 0 saturated heterocycles. The summed E-state index contributed by atoms with van der Waals surface area (Å²) >= 11 is 5.28. The summed E-state index contributed by atoms with van der Waals surface area (Å²) in [5.41, 5.74) is 33.1. The molecule has 11 aromatic heterocycles. The summed E-state index contributed by atoms with van der Waals surface area (Å²) < 4.78 is 22.9. The topological polar surface area (TPSA) is 110 Å². The first-order valence-corrected chi connectivity index (χ1v) is 50.7. The summed E-state index contributed by atoms with van der Waals surface area (Å²) in [6, 6.07) is 160. The zero-order valence-corrected chi connectivity index (χ0v) is 79.8. The molecule has 19 aromatic carbocycles. The van der Waals surface area contributed by atoms with Crippen molar-refractivity contribution >= 4 is 204 Å². The van der Waals surface area contributed by atoms with Gasteiger partial charge in [-0.05, 0) is 156 Å². The SMILES string of the molecule is CC1(C)c2ccccc2-c2cc3c(cc21)c1ccccc1n3-c1cccc(-c2nc(-c3ccccc3)c3sc4ccccc4c3n2)c1.c1ccc(-c2nc(-c3cccc(-n4c5ccccc5c5cc6c(cc54)c4ccccc4n6-c4ccccc4)c3)nc3c2sc2ccccc23)cc1.c1ccc(-c2nc(-c3ccccc3-n3c4ccccc4c4cc5oc6ccccc6c5cc43)nc3c2sc2ccccc23)cc1. The number of para-hydroxylation sites is 7. The molecule has 0 unspecified atom stereocenters. The van der Waals surface area contributed by atoms with Gasteiger partial charge >= 0.3 is 0 Å². The quantitative estimate of drug-likeness (QED) is 0.134. The molecule has 143 heavy (non-hydrogen) atoms. The lowest BCUT2D eigenvalue weighted by atomic mass is 9.82. The molecule has 0 aliphatic heterocycles. The number of rotatable bonds is 10. The number of thiophene rings is 3. The van der Waals surface area contributed by atoms with E-state index >= 15 is 0 Å². The van der Waals surface area contributed by atoms with Crippen molar-refractivity contribution in [3.8, 4) is 102 Å². The molecule has 1 aliphatic carbocycles. The van der Waals surface area contributed by atoms with Crippen LogP contribution in [0.1, 0.15) is 25.0 Å². The zero-order chi connectivity index (χ0) is 94.2. The van der Waals surface area contributed by atoms with Gasteiger partial charge in [-0.25, -0.2) is 29.9 Å². The van der Waals surface area contributed by atoms with Crippen LogP contribution in [-0.2, 0) is 5.41 Å². The first-order valence-electron chi connectivity index (χ1n) is 48.3. The zero-order valence-electron chi connectivity index (χ0n) is 77.3. The van der Waals surface area contributed by atoms with Gasteiger partial charge in [0.1, 0.15) is 11.2 Å². The van der Waals surface area contributed by atoms with Gasteiger partial charge in [0, 0.05) is 140 Å². The fourth-order valence-corrected chi connectivity index (χ4v) is 25.9. The van der Waals surface area contributed by atoms with Crippen LogP contribution < -0.4 is 0 Å². The highest BCUT2D eigenvalue weighted by molar-refractivity contribution is 7.27. The molecule has 14 heteroatoms. The third-order valence-corrected chi connectivity index (χ3v) is 32.4. The number of aromatic nitrogens is 10. The molecule has 0 N–H and O–H groups in total. The van der Waals surface area contributed by atoms with Crippen LogP contribution in [0.3, 0.4) is 0 Å². The lowest BCUT2D eigenvalue weighted by molar-refractivity contribution is 0.661. The highest BCUT2D eigenvalue weighted by Gasteiger charge is 2.37. The second-order valence-electron chi connectivity index (χ2n) is 37.4. The molecule has 0 amide bonds. The number of fused-ring (bicyclic) bond motifs is 27. The van der Waals surface area contributed by atoms with Crippen LogP contribution in [0, 0.1) is 0 Å². The third-order valence-electron chi connectivity index (χ3n) is 28.9. The molecule has 11 heterocycles. The summed E-state index contributed by atoms with van der Waals surface area (Å²) in [6.07, 6.45) is 0. The Kier molecular flexibility index (Phi) is 18.7. The van der Waals surface area contributed by atoms with Crippen LogP contribution in [0.25, 0.3) is 272 Å². The number of hydrogen-bond donors (Lipinski definition) is 0. The van der Waals surface area contributed by atoms with Gasteiger partial charge in [-0.1, -0.05) is 329 Å². The molecule has 1 aliphatic rings. The molecule has 11 nitrogen and oxygen atoms in total. The van der Waals surface area contributed by atoms with Gasteiger partial charge in [0.05, 0.1) is 97.6 Å². The molecular formula is C129H80N10OS3. The summed E-state index contributed by atoms with van der Waals surface area (Å²) in [4.78, 5) is 31.7. The van der Waals surface area contributed by atoms with E-state index < -0.39 is 0 Å². The smallest absolute Gasteiger partial charge is 0.162 e. The van der Waals surface area contributed by atoms with Gasteiger partial charge in [-0.2, -0.15) is 0 Å². The van der Waals surface area contributed by atoms with E-state index in [1.54, 1.807) is 34.0 Å². The Labute approximate surface area is 831 Å². The number of furan rings is 1. The minimum absolute atomic E-state index is 0.0541. The first-order chi connectivity index (χ1) is 70.7. The average molecular weight is 1880 g/mol. The fraction of sp³-hybridized carbons (Fsp3) is 0.0233. The van der Waals surface area contributed by atoms with Crippen molar-refractivity contribution in [1.82, 2.24) is 48.2 Å². The lowest BCUT2D eigenvalue weighted by Gasteiger charge is -2.21. The predicted molar refractivity (Wildman–Crippen MR) is 600 cm³/mol. The second kappa shape index (κ2) is 32.6. The third kappa shape index (κ3) is 13.1. The van der Waals surface area contributed by atoms with E-state index in [9.17, 15) is 0 Å². The normalized spacial score (nSPS) is 12.5. The molecule has 0 saturated carbocycles. The maximum Gasteiger partial charge on any atom is 0.162 e. The Morgan fingerprint density at radius 3 is 1.05 bits per heavy atom. The average Bonchev–Trinajstić information content (AvgIpc) is 1.54. The molecular weight excluding hydrogens is 1800 g/mol. The molecule has 31 rings (SSSR count). The van der Waals surface area contributed by atoms with Crippen molar-refractivity contribution in [2.24, 2.45) is 0 Å². The maximum absolute atomic E-state index is 6.31. The van der Waals surface area contributed by atoms with Crippen LogP contribution in [0.2, 0.25) is 0 Å². The Morgan fingerprint density at radius 2 is 0.552 bits per heavy atom. The van der Waals surface area contributed by atoms with Gasteiger partial charge in [-0.15, -0.1) is 34.0 Å². The van der Waals surface area contributed by atoms with Gasteiger partial charge in [-0.3, -0.25) is 0 Å². The molecule has 0 bridgehead atoms. The standard InChI is InChI=1S/C46H28N4S.C43H29N3S.C40H23N3OS/c1-3-14-29(15-4-1)43-45-44(35-22-9-12-25-42(35)51-45)48-46(47-43)30-16-13-19-32(26-30)50-39-24-11-8-21-34(39)37-27-40-36(28-41(37)50)33-20-7-10-23-38(33)49(40)31-17-5-2-6-18-31;1-43(2)34-20-9-6-17-29(34)32-25-37-33(24-35(32)43)30-18-7-10-21-36(30)46(37)28-16-12-15-27(23-28)42-44-39(26-13-4-3-5-14-26)41-40(45-42)31-19-8-11-22-38(31)47-41;1-2-12-24(13-3-1)37-39-38(28-17-7-11-21-36(28)45-39)42-40(41-37)27-16-5-9-19-32(27)43-31-18-8-4-14-25(31)29-23-35-30(22-33(29)43)26-15-6-10-20-34(26)44-35/h1-28H;3-25H,1-2H3;1-23H. The second-order valence-corrected chi connectivity index (χ2v) is 40.6. The monoisotopic (exact) mass is 1880 g/mol. The van der Waals surface area contributed by atoms with Crippen LogP contribution in [0.4, 0.5) is 0 Å². The Hall–Kier alpha value is -17.9. The van der Waals surface area contributed by atoms with Crippen LogP contribution in [0.5, 0.6) is 0 Å². The van der Waals surface area contributed by atoms with Crippen molar-refractivity contribution in [3.63, 3.8) is 0 Å². The lowest BCUT2D eigenvalue weighted by Crippen LogP contribution is -2.14. The molecule has 30 aromatic rings. The summed E-state index contributed by atoms with van der Waals surface area (Å²) in [5, 5.41) is 15.5. The first kappa shape index (κ1) is 82.2. The maximum atomic E-state index is 6.31. The van der Waals surface area contributed by atoms with E-state index in [-0.39, 0.29) is 5.41 Å². The van der Waals surface area contributed by atoms with Gasteiger partial charge in [0.25, 0.3) is 0 Å². The van der Waals surface area contributed by atoms with Crippen molar-refractivity contribution in [2.45, 2.75) is 19.3 Å². The number of benzene rings is 19. The van der Waals surface area contributed by atoms with Crippen molar-refractivity contribution in [3.05, 3.63) is 460 Å². The molecule has 0 atom stereocenters. The highest BCUT2D eigenvalue weighted by Crippen LogP contribution is 2.53. The van der Waals surface area contributed by atoms with E-state index in [1.165, 1.54) is 107 Å². The van der Waals surface area contributed by atoms with Crippen molar-refractivity contribution < 1.29 is 4.42 Å². The summed E-state index contributed by atoms with van der Waals surface area (Å²) in [6.45, 7) is 4.70. The van der Waals surface area contributed by atoms with Gasteiger partial charge in [0.15, 0.2) is 17.5 Å². The Morgan fingerprint density at radius 1 is 0.210 bits per heavy atom. The highest BCUT2D eigenvalue weighted by atomic mass is 32.1. The molecule has 0 fully saturated rings. The van der Waals surface area contributed by atoms with Crippen LogP contribution >= 0.6 is 34.0 Å².